The van der Waals surface area contributed by atoms with Crippen LogP contribution in [0.15, 0.2) is 72.8 Å². The van der Waals surface area contributed by atoms with Gasteiger partial charge in [0, 0.05) is 22.0 Å². The first-order valence-corrected chi connectivity index (χ1v) is 10.6. The summed E-state index contributed by atoms with van der Waals surface area (Å²) in [5, 5.41) is 3.30. The summed E-state index contributed by atoms with van der Waals surface area (Å²) in [6.07, 6.45) is 0. The first kappa shape index (κ1) is 19.6. The molecule has 0 aromatic heterocycles. The SMILES string of the molecule is Cc1cccc(N2C(=O)CS[C@H]2c2cccc(NC(=O)c3cccc(Cl)c3)c2)c1. The highest BCUT2D eigenvalue weighted by Gasteiger charge is 2.34. The van der Waals surface area contributed by atoms with Gasteiger partial charge < -0.3 is 5.32 Å². The van der Waals surface area contributed by atoms with Gasteiger partial charge in [0.25, 0.3) is 5.91 Å². The molecule has 4 rings (SSSR count). The molecule has 0 saturated carbocycles. The smallest absolute Gasteiger partial charge is 0.255 e. The summed E-state index contributed by atoms with van der Waals surface area (Å²) in [6.45, 7) is 2.01. The molecule has 1 aliphatic rings. The van der Waals surface area contributed by atoms with Crippen LogP contribution in [0.4, 0.5) is 11.4 Å². The summed E-state index contributed by atoms with van der Waals surface area (Å²) < 4.78 is 0. The largest absolute Gasteiger partial charge is 0.322 e. The molecule has 146 valence electrons. The average Bonchev–Trinajstić information content (AvgIpc) is 3.10. The van der Waals surface area contributed by atoms with Crippen molar-refractivity contribution in [3.8, 4) is 0 Å². The van der Waals surface area contributed by atoms with E-state index in [1.807, 2.05) is 60.4 Å². The molecule has 0 unspecified atom stereocenters. The van der Waals surface area contributed by atoms with Crippen molar-refractivity contribution in [3.05, 3.63) is 94.5 Å². The Bertz CT molecular complexity index is 1090. The maximum absolute atomic E-state index is 12.6. The number of carbonyl (C=O) groups is 2. The van der Waals surface area contributed by atoms with Crippen LogP contribution in [0.2, 0.25) is 5.02 Å². The van der Waals surface area contributed by atoms with Crippen molar-refractivity contribution in [1.29, 1.82) is 0 Å². The normalized spacial score (nSPS) is 16.1. The predicted molar refractivity (Wildman–Crippen MR) is 120 cm³/mol. The quantitative estimate of drug-likeness (QED) is 0.588. The number of amides is 2. The Balaban J connectivity index is 1.59. The van der Waals surface area contributed by atoms with Gasteiger partial charge in [-0.2, -0.15) is 0 Å². The Kier molecular flexibility index (Phi) is 5.60. The van der Waals surface area contributed by atoms with Crippen LogP contribution in [0.1, 0.15) is 26.9 Å². The third kappa shape index (κ3) is 4.31. The van der Waals surface area contributed by atoms with Gasteiger partial charge in [0.1, 0.15) is 5.37 Å². The van der Waals surface area contributed by atoms with Gasteiger partial charge in [-0.25, -0.2) is 0 Å². The van der Waals surface area contributed by atoms with Crippen LogP contribution >= 0.6 is 23.4 Å². The van der Waals surface area contributed by atoms with Crippen LogP contribution in [0.25, 0.3) is 0 Å². The van der Waals surface area contributed by atoms with Crippen molar-refractivity contribution in [2.75, 3.05) is 16.0 Å². The second-order valence-electron chi connectivity index (χ2n) is 6.86. The lowest BCUT2D eigenvalue weighted by Crippen LogP contribution is -2.27. The van der Waals surface area contributed by atoms with E-state index in [1.54, 1.807) is 36.0 Å². The van der Waals surface area contributed by atoms with E-state index < -0.39 is 0 Å². The molecule has 0 bridgehead atoms. The highest BCUT2D eigenvalue weighted by Crippen LogP contribution is 2.42. The summed E-state index contributed by atoms with van der Waals surface area (Å²) in [6, 6.07) is 22.4. The molecule has 4 nitrogen and oxygen atoms in total. The molecule has 0 aliphatic carbocycles. The number of hydrogen-bond donors (Lipinski definition) is 1. The first-order chi connectivity index (χ1) is 14.0. The van der Waals surface area contributed by atoms with Gasteiger partial charge >= 0.3 is 0 Å². The van der Waals surface area contributed by atoms with Crippen molar-refractivity contribution in [3.63, 3.8) is 0 Å². The average molecular weight is 423 g/mol. The molecule has 1 fully saturated rings. The van der Waals surface area contributed by atoms with Gasteiger partial charge in [-0.1, -0.05) is 41.9 Å². The number of benzene rings is 3. The molecule has 1 saturated heterocycles. The number of nitrogens with zero attached hydrogens (tertiary/aromatic N) is 1. The third-order valence-electron chi connectivity index (χ3n) is 4.66. The van der Waals surface area contributed by atoms with E-state index in [2.05, 4.69) is 5.32 Å². The number of aryl methyl sites for hydroxylation is 1. The standard InChI is InChI=1S/C23H19ClN2O2S/c1-15-5-2-10-20(11-15)26-21(27)14-29-23(26)17-7-4-9-19(13-17)25-22(28)16-6-3-8-18(24)12-16/h2-13,23H,14H2,1H3,(H,25,28)/t23-/m0/s1. The third-order valence-corrected chi connectivity index (χ3v) is 6.11. The fraction of sp³-hybridized carbons (Fsp3) is 0.130. The zero-order valence-corrected chi connectivity index (χ0v) is 17.3. The number of nitrogens with one attached hydrogen (secondary N) is 1. The Hall–Kier alpha value is -2.76. The number of halogens is 1. The maximum atomic E-state index is 12.6. The van der Waals surface area contributed by atoms with Crippen LogP contribution in [0.5, 0.6) is 0 Å². The first-order valence-electron chi connectivity index (χ1n) is 9.18. The molecule has 3 aromatic carbocycles. The predicted octanol–water partition coefficient (Wildman–Crippen LogP) is 5.68. The topological polar surface area (TPSA) is 49.4 Å². The number of thioether (sulfide) groups is 1. The maximum Gasteiger partial charge on any atom is 0.255 e. The van der Waals surface area contributed by atoms with Crippen LogP contribution in [0, 0.1) is 6.92 Å². The minimum absolute atomic E-state index is 0.0824. The van der Waals surface area contributed by atoms with E-state index >= 15 is 0 Å². The molecule has 0 radical (unpaired) electrons. The van der Waals surface area contributed by atoms with Crippen molar-refractivity contribution in [2.24, 2.45) is 0 Å². The van der Waals surface area contributed by atoms with E-state index in [1.165, 1.54) is 0 Å². The van der Waals surface area contributed by atoms with E-state index in [4.69, 9.17) is 11.6 Å². The Morgan fingerprint density at radius 3 is 2.66 bits per heavy atom. The fourth-order valence-electron chi connectivity index (χ4n) is 3.33. The van der Waals surface area contributed by atoms with Crippen molar-refractivity contribution in [2.45, 2.75) is 12.3 Å². The molecule has 1 heterocycles. The second kappa shape index (κ2) is 8.31. The van der Waals surface area contributed by atoms with Gasteiger partial charge in [-0.3, -0.25) is 14.5 Å². The molecular weight excluding hydrogens is 404 g/mol. The molecule has 1 atom stereocenters. The van der Waals surface area contributed by atoms with Crippen molar-refractivity contribution >= 4 is 46.6 Å². The van der Waals surface area contributed by atoms with E-state index in [9.17, 15) is 9.59 Å². The highest BCUT2D eigenvalue weighted by molar-refractivity contribution is 8.00. The van der Waals surface area contributed by atoms with Gasteiger partial charge in [-0.05, 0) is 60.5 Å². The van der Waals surface area contributed by atoms with Gasteiger partial charge in [0.2, 0.25) is 5.91 Å². The number of anilines is 2. The monoisotopic (exact) mass is 422 g/mol. The van der Waals surface area contributed by atoms with Crippen LogP contribution < -0.4 is 10.2 Å². The molecule has 0 spiro atoms. The van der Waals surface area contributed by atoms with Crippen molar-refractivity contribution in [1.82, 2.24) is 0 Å². The van der Waals surface area contributed by atoms with Crippen LogP contribution in [0.3, 0.4) is 0 Å². The van der Waals surface area contributed by atoms with Crippen molar-refractivity contribution < 1.29 is 9.59 Å². The minimum atomic E-state index is -0.227. The summed E-state index contributed by atoms with van der Waals surface area (Å²) in [5.74, 6) is 0.284. The number of rotatable bonds is 4. The molecule has 6 heteroatoms. The minimum Gasteiger partial charge on any atom is -0.322 e. The lowest BCUT2D eigenvalue weighted by molar-refractivity contribution is -0.115. The molecule has 1 aliphatic heterocycles. The van der Waals surface area contributed by atoms with E-state index in [0.717, 1.165) is 16.8 Å². The van der Waals surface area contributed by atoms with Crippen LogP contribution in [-0.2, 0) is 4.79 Å². The lowest BCUT2D eigenvalue weighted by Gasteiger charge is -2.25. The summed E-state index contributed by atoms with van der Waals surface area (Å²) in [5.41, 5.74) is 4.13. The van der Waals surface area contributed by atoms with E-state index in [-0.39, 0.29) is 17.2 Å². The van der Waals surface area contributed by atoms with Gasteiger partial charge in [-0.15, -0.1) is 11.8 Å². The summed E-state index contributed by atoms with van der Waals surface area (Å²) in [7, 11) is 0. The molecule has 29 heavy (non-hydrogen) atoms. The summed E-state index contributed by atoms with van der Waals surface area (Å²) in [4.78, 5) is 26.9. The Morgan fingerprint density at radius 1 is 1.07 bits per heavy atom. The highest BCUT2D eigenvalue weighted by atomic mass is 35.5. The Labute approximate surface area is 178 Å². The van der Waals surface area contributed by atoms with Crippen LogP contribution in [-0.4, -0.2) is 17.6 Å². The molecule has 1 N–H and O–H groups in total. The van der Waals surface area contributed by atoms with Gasteiger partial charge in [0.15, 0.2) is 0 Å². The molecule has 3 aromatic rings. The van der Waals surface area contributed by atoms with E-state index in [0.29, 0.717) is 22.0 Å². The number of hydrogen-bond acceptors (Lipinski definition) is 3. The second-order valence-corrected chi connectivity index (χ2v) is 8.36. The zero-order valence-electron chi connectivity index (χ0n) is 15.8. The fourth-order valence-corrected chi connectivity index (χ4v) is 4.69. The number of carbonyl (C=O) groups excluding carboxylic acids is 2. The van der Waals surface area contributed by atoms with Gasteiger partial charge in [0.05, 0.1) is 5.75 Å². The molecular formula is C23H19ClN2O2S. The lowest BCUT2D eigenvalue weighted by atomic mass is 10.1. The Morgan fingerprint density at radius 2 is 1.86 bits per heavy atom. The summed E-state index contributed by atoms with van der Waals surface area (Å²) >= 11 is 7.57. The zero-order chi connectivity index (χ0) is 20.4. The molecule has 2 amide bonds.